The molecule has 0 radical (unpaired) electrons. The van der Waals surface area contributed by atoms with Crippen molar-refractivity contribution in [1.29, 1.82) is 0 Å². The third-order valence-electron chi connectivity index (χ3n) is 4.15. The summed E-state index contributed by atoms with van der Waals surface area (Å²) in [6.45, 7) is 1.45. The van der Waals surface area contributed by atoms with Crippen molar-refractivity contribution in [2.24, 2.45) is 0 Å². The van der Waals surface area contributed by atoms with Gasteiger partial charge in [-0.15, -0.1) is 0 Å². The Morgan fingerprint density at radius 2 is 1.89 bits per heavy atom. The molecule has 0 saturated carbocycles. The maximum atomic E-state index is 12.0. The SMILES string of the molecule is O=C(NCc1ccccc1)Nc1cnn(CC2COc3ccccc3O2)c1. The summed E-state index contributed by atoms with van der Waals surface area (Å²) in [5.74, 6) is 1.49. The molecule has 0 fully saturated rings. The molecule has 1 atom stereocenters. The van der Waals surface area contributed by atoms with Crippen LogP contribution in [0.3, 0.4) is 0 Å². The summed E-state index contributed by atoms with van der Waals surface area (Å²) in [5, 5.41) is 9.87. The van der Waals surface area contributed by atoms with E-state index < -0.39 is 0 Å². The quantitative estimate of drug-likeness (QED) is 0.729. The molecule has 2 N–H and O–H groups in total. The fourth-order valence-corrected chi connectivity index (χ4v) is 2.84. The Labute approximate surface area is 156 Å². The van der Waals surface area contributed by atoms with Crippen molar-refractivity contribution < 1.29 is 14.3 Å². The zero-order chi connectivity index (χ0) is 18.5. The number of fused-ring (bicyclic) bond motifs is 1. The number of nitrogens with zero attached hydrogens (tertiary/aromatic N) is 2. The van der Waals surface area contributed by atoms with Crippen LogP contribution in [0.1, 0.15) is 5.56 Å². The number of aromatic nitrogens is 2. The van der Waals surface area contributed by atoms with Crippen LogP contribution in [-0.2, 0) is 13.1 Å². The number of carbonyl (C=O) groups is 1. The zero-order valence-corrected chi connectivity index (χ0v) is 14.7. The Kier molecular flexibility index (Phi) is 4.91. The summed E-state index contributed by atoms with van der Waals surface area (Å²) in [6.07, 6.45) is 3.24. The molecule has 1 unspecified atom stereocenters. The lowest BCUT2D eigenvalue weighted by molar-refractivity contribution is 0.0759. The Morgan fingerprint density at radius 3 is 2.74 bits per heavy atom. The average molecular weight is 364 g/mol. The van der Waals surface area contributed by atoms with Gasteiger partial charge in [-0.2, -0.15) is 5.10 Å². The third kappa shape index (κ3) is 4.38. The number of hydrogen-bond acceptors (Lipinski definition) is 4. The van der Waals surface area contributed by atoms with Crippen LogP contribution in [0.4, 0.5) is 10.5 Å². The van der Waals surface area contributed by atoms with Crippen molar-refractivity contribution in [3.63, 3.8) is 0 Å². The highest BCUT2D eigenvalue weighted by atomic mass is 16.6. The monoisotopic (exact) mass is 364 g/mol. The molecule has 7 nitrogen and oxygen atoms in total. The van der Waals surface area contributed by atoms with Gasteiger partial charge in [-0.1, -0.05) is 42.5 Å². The van der Waals surface area contributed by atoms with Gasteiger partial charge in [-0.3, -0.25) is 4.68 Å². The summed E-state index contributed by atoms with van der Waals surface area (Å²) < 4.78 is 13.4. The number of amides is 2. The van der Waals surface area contributed by atoms with Gasteiger partial charge in [0.1, 0.15) is 6.61 Å². The van der Waals surface area contributed by atoms with Crippen LogP contribution in [0, 0.1) is 0 Å². The van der Waals surface area contributed by atoms with E-state index in [1.54, 1.807) is 17.1 Å². The molecule has 138 valence electrons. The summed E-state index contributed by atoms with van der Waals surface area (Å²) in [4.78, 5) is 12.0. The Bertz CT molecular complexity index is 910. The van der Waals surface area contributed by atoms with Gasteiger partial charge in [0.2, 0.25) is 0 Å². The largest absolute Gasteiger partial charge is 0.486 e. The highest BCUT2D eigenvalue weighted by Gasteiger charge is 2.21. The molecule has 1 aliphatic rings. The first-order valence-corrected chi connectivity index (χ1v) is 8.76. The molecule has 0 bridgehead atoms. The van der Waals surface area contributed by atoms with Gasteiger partial charge in [0.25, 0.3) is 0 Å². The van der Waals surface area contributed by atoms with Gasteiger partial charge in [0, 0.05) is 12.7 Å². The molecule has 2 heterocycles. The van der Waals surface area contributed by atoms with Crippen LogP contribution < -0.4 is 20.1 Å². The molecule has 1 aliphatic heterocycles. The second kappa shape index (κ2) is 7.82. The van der Waals surface area contributed by atoms with E-state index in [9.17, 15) is 4.79 Å². The number of ether oxygens (including phenoxy) is 2. The summed E-state index contributed by atoms with van der Waals surface area (Å²) in [7, 11) is 0. The van der Waals surface area contributed by atoms with E-state index in [0.29, 0.717) is 25.4 Å². The Morgan fingerprint density at radius 1 is 1.11 bits per heavy atom. The van der Waals surface area contributed by atoms with Crippen LogP contribution >= 0.6 is 0 Å². The minimum Gasteiger partial charge on any atom is -0.486 e. The van der Waals surface area contributed by atoms with E-state index in [4.69, 9.17) is 9.47 Å². The lowest BCUT2D eigenvalue weighted by Gasteiger charge is -2.26. The first-order valence-electron chi connectivity index (χ1n) is 8.76. The lowest BCUT2D eigenvalue weighted by atomic mass is 10.2. The summed E-state index contributed by atoms with van der Waals surface area (Å²) >= 11 is 0. The highest BCUT2D eigenvalue weighted by molar-refractivity contribution is 5.88. The van der Waals surface area contributed by atoms with Crippen molar-refractivity contribution >= 4 is 11.7 Å². The topological polar surface area (TPSA) is 77.4 Å². The fourth-order valence-electron chi connectivity index (χ4n) is 2.84. The average Bonchev–Trinajstić information content (AvgIpc) is 3.14. The van der Waals surface area contributed by atoms with Gasteiger partial charge in [0.15, 0.2) is 17.6 Å². The number of hydrogen-bond donors (Lipinski definition) is 2. The van der Waals surface area contributed by atoms with E-state index in [1.165, 1.54) is 0 Å². The van der Waals surface area contributed by atoms with Gasteiger partial charge in [0.05, 0.1) is 18.4 Å². The predicted molar refractivity (Wildman–Crippen MR) is 101 cm³/mol. The van der Waals surface area contributed by atoms with Crippen molar-refractivity contribution in [3.8, 4) is 11.5 Å². The van der Waals surface area contributed by atoms with Gasteiger partial charge in [-0.25, -0.2) is 4.79 Å². The minimum absolute atomic E-state index is 0.139. The number of anilines is 1. The van der Waals surface area contributed by atoms with Crippen LogP contribution in [0.5, 0.6) is 11.5 Å². The maximum Gasteiger partial charge on any atom is 0.319 e. The number of carbonyl (C=O) groups excluding carboxylic acids is 1. The molecule has 2 amide bonds. The van der Waals surface area contributed by atoms with E-state index in [1.807, 2.05) is 54.6 Å². The second-order valence-electron chi connectivity index (χ2n) is 6.24. The molecular weight excluding hydrogens is 344 g/mol. The number of rotatable bonds is 5. The number of benzene rings is 2. The third-order valence-corrected chi connectivity index (χ3v) is 4.15. The molecule has 2 aromatic carbocycles. The molecule has 27 heavy (non-hydrogen) atoms. The Hall–Kier alpha value is -3.48. The molecule has 0 aliphatic carbocycles. The van der Waals surface area contributed by atoms with Crippen molar-refractivity contribution in [3.05, 3.63) is 72.6 Å². The summed E-state index contributed by atoms with van der Waals surface area (Å²) in [5.41, 5.74) is 1.66. The fraction of sp³-hybridized carbons (Fsp3) is 0.200. The van der Waals surface area contributed by atoms with Crippen molar-refractivity contribution in [2.75, 3.05) is 11.9 Å². The van der Waals surface area contributed by atoms with E-state index in [0.717, 1.165) is 17.1 Å². The first kappa shape index (κ1) is 17.0. The number of para-hydroxylation sites is 2. The number of urea groups is 1. The van der Waals surface area contributed by atoms with Crippen molar-refractivity contribution in [1.82, 2.24) is 15.1 Å². The molecule has 3 aromatic rings. The highest BCUT2D eigenvalue weighted by Crippen LogP contribution is 2.31. The smallest absolute Gasteiger partial charge is 0.319 e. The molecule has 7 heteroatoms. The van der Waals surface area contributed by atoms with Gasteiger partial charge in [-0.05, 0) is 17.7 Å². The van der Waals surface area contributed by atoms with Crippen molar-refractivity contribution in [2.45, 2.75) is 19.2 Å². The molecule has 4 rings (SSSR count). The van der Waals surface area contributed by atoms with E-state index >= 15 is 0 Å². The maximum absolute atomic E-state index is 12.0. The molecule has 1 aromatic heterocycles. The molecule has 0 spiro atoms. The Balaban J connectivity index is 1.28. The summed E-state index contributed by atoms with van der Waals surface area (Å²) in [6, 6.07) is 17.1. The molecule has 0 saturated heterocycles. The number of nitrogens with one attached hydrogen (secondary N) is 2. The van der Waals surface area contributed by atoms with Gasteiger partial charge < -0.3 is 20.1 Å². The normalized spacial score (nSPS) is 15.2. The van der Waals surface area contributed by atoms with Crippen LogP contribution in [0.15, 0.2) is 67.0 Å². The first-order chi connectivity index (χ1) is 13.3. The van der Waals surface area contributed by atoms with Crippen LogP contribution in [-0.4, -0.2) is 28.5 Å². The van der Waals surface area contributed by atoms with E-state index in [2.05, 4.69) is 15.7 Å². The predicted octanol–water partition coefficient (Wildman–Crippen LogP) is 3.04. The van der Waals surface area contributed by atoms with Crippen LogP contribution in [0.2, 0.25) is 0 Å². The molecular formula is C20H20N4O3. The van der Waals surface area contributed by atoms with Gasteiger partial charge >= 0.3 is 6.03 Å². The second-order valence-corrected chi connectivity index (χ2v) is 6.24. The minimum atomic E-state index is -0.274. The van der Waals surface area contributed by atoms with E-state index in [-0.39, 0.29) is 12.1 Å². The standard InChI is InChI=1S/C20H20N4O3/c25-20(21-10-15-6-2-1-3-7-15)23-16-11-22-24(12-16)13-17-14-26-18-8-4-5-9-19(18)27-17/h1-9,11-12,17H,10,13-14H2,(H2,21,23,25). The zero-order valence-electron chi connectivity index (χ0n) is 14.7. The lowest BCUT2D eigenvalue weighted by Crippen LogP contribution is -2.33. The van der Waals surface area contributed by atoms with Crippen LogP contribution in [0.25, 0.3) is 0 Å².